The van der Waals surface area contributed by atoms with Crippen molar-refractivity contribution in [3.05, 3.63) is 29.3 Å². The summed E-state index contributed by atoms with van der Waals surface area (Å²) in [6.45, 7) is 0. The molecule has 0 aliphatic carbocycles. The predicted molar refractivity (Wildman–Crippen MR) is 51.8 cm³/mol. The maximum Gasteiger partial charge on any atom is 0.214 e. The molecule has 13 heavy (non-hydrogen) atoms. The molecule has 0 bridgehead atoms. The van der Waals surface area contributed by atoms with Crippen molar-refractivity contribution >= 4 is 21.3 Å². The van der Waals surface area contributed by atoms with E-state index in [-0.39, 0.29) is 0 Å². The van der Waals surface area contributed by atoms with E-state index in [1.807, 2.05) is 0 Å². The van der Waals surface area contributed by atoms with E-state index < -0.39 is 9.73 Å². The van der Waals surface area contributed by atoms with Crippen molar-refractivity contribution in [2.45, 2.75) is 4.90 Å². The van der Waals surface area contributed by atoms with Crippen LogP contribution in [0.5, 0.6) is 0 Å². The highest BCUT2D eigenvalue weighted by molar-refractivity contribution is 7.93. The van der Waals surface area contributed by atoms with Crippen LogP contribution in [0.4, 0.5) is 0 Å². The van der Waals surface area contributed by atoms with E-state index >= 15 is 0 Å². The fraction of sp³-hybridized carbons (Fsp3) is 0.125. The highest BCUT2D eigenvalue weighted by Crippen LogP contribution is 2.15. The molecule has 0 saturated carbocycles. The summed E-state index contributed by atoms with van der Waals surface area (Å²) in [6.07, 6.45) is 2.95. The van der Waals surface area contributed by atoms with Crippen LogP contribution in [0.1, 0.15) is 0 Å². The van der Waals surface area contributed by atoms with Crippen molar-refractivity contribution < 1.29 is 4.21 Å². The molecule has 0 fully saturated rings. The minimum Gasteiger partial charge on any atom is -0.244 e. The lowest BCUT2D eigenvalue weighted by Crippen LogP contribution is -1.95. The Morgan fingerprint density at radius 3 is 2.46 bits per heavy atom. The van der Waals surface area contributed by atoms with E-state index in [1.165, 1.54) is 12.4 Å². The number of benzene rings is 1. The van der Waals surface area contributed by atoms with Crippen molar-refractivity contribution in [1.82, 2.24) is 0 Å². The van der Waals surface area contributed by atoms with Crippen LogP contribution in [0.25, 0.3) is 0 Å². The van der Waals surface area contributed by atoms with Crippen LogP contribution in [-0.2, 0) is 9.73 Å². The highest BCUT2D eigenvalue weighted by Gasteiger charge is 2.04. The van der Waals surface area contributed by atoms with Gasteiger partial charge in [0.25, 0.3) is 0 Å². The molecule has 1 atom stereocenters. The molecule has 0 saturated heterocycles. The SMILES string of the molecule is CS(=O)(=NC#N)c1ccc(Cl)cc1. The fourth-order valence-corrected chi connectivity index (χ4v) is 1.85. The van der Waals surface area contributed by atoms with Gasteiger partial charge in [-0.15, -0.1) is 4.36 Å². The number of rotatable bonds is 1. The van der Waals surface area contributed by atoms with Crippen LogP contribution >= 0.6 is 11.6 Å². The number of halogens is 1. The molecule has 0 aromatic heterocycles. The Morgan fingerprint density at radius 2 is 2.00 bits per heavy atom. The zero-order valence-electron chi connectivity index (χ0n) is 6.90. The second-order valence-corrected chi connectivity index (χ2v) is 5.14. The summed E-state index contributed by atoms with van der Waals surface area (Å²) < 4.78 is 15.0. The van der Waals surface area contributed by atoms with Crippen molar-refractivity contribution in [1.29, 1.82) is 5.26 Å². The molecule has 0 heterocycles. The van der Waals surface area contributed by atoms with E-state index in [2.05, 4.69) is 4.36 Å². The van der Waals surface area contributed by atoms with Gasteiger partial charge in [0.15, 0.2) is 0 Å². The Kier molecular flexibility index (Phi) is 2.91. The van der Waals surface area contributed by atoms with Gasteiger partial charge in [0.05, 0.1) is 9.73 Å². The molecule has 0 aliphatic rings. The first kappa shape index (κ1) is 10.0. The smallest absolute Gasteiger partial charge is 0.214 e. The standard InChI is InChI=1S/C8H7ClN2OS/c1-13(12,11-6-10)8-4-2-7(9)3-5-8/h2-5H,1H3. The molecule has 0 radical (unpaired) electrons. The van der Waals surface area contributed by atoms with Crippen molar-refractivity contribution in [3.63, 3.8) is 0 Å². The third kappa shape index (κ3) is 2.44. The Hall–Kier alpha value is -1.05. The molecular formula is C8H7ClN2OS. The fourth-order valence-electron chi connectivity index (χ4n) is 0.818. The normalized spacial score (nSPS) is 14.2. The van der Waals surface area contributed by atoms with Gasteiger partial charge < -0.3 is 0 Å². The Morgan fingerprint density at radius 1 is 1.46 bits per heavy atom. The highest BCUT2D eigenvalue weighted by atomic mass is 35.5. The molecule has 1 unspecified atom stereocenters. The minimum atomic E-state index is -2.57. The number of nitrogens with zero attached hydrogens (tertiary/aromatic N) is 2. The average Bonchev–Trinajstić information content (AvgIpc) is 2.05. The molecular weight excluding hydrogens is 208 g/mol. The molecule has 5 heteroatoms. The van der Waals surface area contributed by atoms with E-state index in [0.29, 0.717) is 9.92 Å². The molecule has 1 aromatic carbocycles. The van der Waals surface area contributed by atoms with E-state index in [9.17, 15) is 4.21 Å². The van der Waals surface area contributed by atoms with Crippen molar-refractivity contribution in [2.75, 3.05) is 6.26 Å². The molecule has 1 rings (SSSR count). The third-order valence-electron chi connectivity index (χ3n) is 1.47. The molecule has 68 valence electrons. The van der Waals surface area contributed by atoms with Crippen molar-refractivity contribution in [3.8, 4) is 6.19 Å². The van der Waals surface area contributed by atoms with Crippen LogP contribution in [0.15, 0.2) is 33.5 Å². The second kappa shape index (κ2) is 3.77. The lowest BCUT2D eigenvalue weighted by atomic mass is 10.4. The molecule has 0 spiro atoms. The first-order chi connectivity index (χ1) is 6.06. The quantitative estimate of drug-likeness (QED) is 0.674. The summed E-state index contributed by atoms with van der Waals surface area (Å²) in [5.74, 6) is 0. The van der Waals surface area contributed by atoms with Gasteiger partial charge in [-0.2, -0.15) is 5.26 Å². The monoisotopic (exact) mass is 214 g/mol. The van der Waals surface area contributed by atoms with Crippen molar-refractivity contribution in [2.24, 2.45) is 4.36 Å². The van der Waals surface area contributed by atoms with Gasteiger partial charge in [-0.3, -0.25) is 0 Å². The first-order valence-corrected chi connectivity index (χ1v) is 5.72. The lowest BCUT2D eigenvalue weighted by Gasteiger charge is -2.00. The Labute approximate surface area is 82.1 Å². The van der Waals surface area contributed by atoms with Gasteiger partial charge in [-0.1, -0.05) is 11.6 Å². The van der Waals surface area contributed by atoms with Gasteiger partial charge >= 0.3 is 0 Å². The Bertz CT molecular complexity index is 452. The van der Waals surface area contributed by atoms with E-state index in [0.717, 1.165) is 0 Å². The van der Waals surface area contributed by atoms with Crippen LogP contribution in [0.3, 0.4) is 0 Å². The summed E-state index contributed by atoms with van der Waals surface area (Å²) in [7, 11) is -2.57. The predicted octanol–water partition coefficient (Wildman–Crippen LogP) is 2.28. The van der Waals surface area contributed by atoms with Gasteiger partial charge in [0, 0.05) is 16.2 Å². The maximum atomic E-state index is 11.7. The first-order valence-electron chi connectivity index (χ1n) is 3.42. The molecule has 0 amide bonds. The number of hydrogen-bond acceptors (Lipinski definition) is 3. The van der Waals surface area contributed by atoms with E-state index in [1.54, 1.807) is 24.3 Å². The largest absolute Gasteiger partial charge is 0.244 e. The summed E-state index contributed by atoms with van der Waals surface area (Å²) in [5, 5.41) is 8.86. The summed E-state index contributed by atoms with van der Waals surface area (Å²) in [6, 6.07) is 6.44. The van der Waals surface area contributed by atoms with Gasteiger partial charge in [0.2, 0.25) is 6.19 Å². The summed E-state index contributed by atoms with van der Waals surface area (Å²) in [5.41, 5.74) is 0. The van der Waals surface area contributed by atoms with Crippen LogP contribution in [0.2, 0.25) is 5.02 Å². The summed E-state index contributed by atoms with van der Waals surface area (Å²) >= 11 is 5.65. The molecule has 0 N–H and O–H groups in total. The number of nitriles is 1. The minimum absolute atomic E-state index is 0.512. The third-order valence-corrected chi connectivity index (χ3v) is 3.29. The second-order valence-electron chi connectivity index (χ2n) is 2.45. The zero-order valence-corrected chi connectivity index (χ0v) is 8.47. The molecule has 1 aromatic rings. The molecule has 0 aliphatic heterocycles. The number of hydrogen-bond donors (Lipinski definition) is 0. The maximum absolute atomic E-state index is 11.7. The van der Waals surface area contributed by atoms with Gasteiger partial charge in [-0.25, -0.2) is 4.21 Å². The topological polar surface area (TPSA) is 53.2 Å². The lowest BCUT2D eigenvalue weighted by molar-refractivity contribution is 0.681. The van der Waals surface area contributed by atoms with E-state index in [4.69, 9.17) is 16.9 Å². The zero-order chi connectivity index (χ0) is 9.90. The van der Waals surface area contributed by atoms with Crippen LogP contribution in [0, 0.1) is 11.5 Å². The average molecular weight is 215 g/mol. The Balaban J connectivity index is 3.27. The van der Waals surface area contributed by atoms with Crippen LogP contribution in [-0.4, -0.2) is 10.5 Å². The van der Waals surface area contributed by atoms with Gasteiger partial charge in [0.1, 0.15) is 0 Å². The van der Waals surface area contributed by atoms with Crippen LogP contribution < -0.4 is 0 Å². The summed E-state index contributed by atoms with van der Waals surface area (Å²) in [4.78, 5) is 0.512. The molecule has 3 nitrogen and oxygen atoms in total. The van der Waals surface area contributed by atoms with Gasteiger partial charge in [-0.05, 0) is 24.3 Å².